The van der Waals surface area contributed by atoms with Gasteiger partial charge in [0.05, 0.1) is 12.2 Å². The van der Waals surface area contributed by atoms with Gasteiger partial charge in [0.15, 0.2) is 5.69 Å². The second-order valence-corrected chi connectivity index (χ2v) is 10.1. The van der Waals surface area contributed by atoms with Gasteiger partial charge >= 0.3 is 12.2 Å². The lowest BCUT2D eigenvalue weighted by atomic mass is 10.0. The number of halogens is 3. The number of carbonyl (C=O) groups excluding carboxylic acids is 1. The van der Waals surface area contributed by atoms with E-state index in [1.54, 1.807) is 19.9 Å². The third kappa shape index (κ3) is 6.79. The average molecular weight is 590 g/mol. The number of aromatic nitrogens is 5. The minimum Gasteiger partial charge on any atom is -0.477 e. The molecule has 41 heavy (non-hydrogen) atoms. The first-order valence-corrected chi connectivity index (χ1v) is 13.7. The van der Waals surface area contributed by atoms with Crippen molar-refractivity contribution in [3.05, 3.63) is 41.5 Å². The number of alkyl halides is 3. The quantitative estimate of drug-likeness (QED) is 0.269. The molecule has 2 N–H and O–H groups in total. The summed E-state index contributed by atoms with van der Waals surface area (Å²) in [5.41, 5.74) is 0.569. The molecule has 11 nitrogen and oxygen atoms in total. The highest BCUT2D eigenvalue weighted by Crippen LogP contribution is 2.41. The summed E-state index contributed by atoms with van der Waals surface area (Å²) in [7, 11) is 0. The molecular formula is C26H26F3N7O4S. The molecular weight excluding hydrogens is 563 g/mol. The maximum atomic E-state index is 13.5. The van der Waals surface area contributed by atoms with Gasteiger partial charge in [-0.25, -0.2) is 19.7 Å². The van der Waals surface area contributed by atoms with Crippen LogP contribution >= 0.6 is 11.3 Å². The number of thiazole rings is 1. The fourth-order valence-electron chi connectivity index (χ4n) is 4.16. The standard InChI is InChI=1S/C26H26F3N7O4S/c1-3-30-25(37)34-21-9-18(24-33-20(13-41-24)26(27,28)29)19(11-31-21)17-8-16(22-36-35-14(2)40-22)10-32-23(17)39-12-15-4-6-38-7-5-15/h8-11,13,15H,3-7,12H2,1-2H3,(H2,30,31,34,37). The Morgan fingerprint density at radius 1 is 1.12 bits per heavy atom. The van der Waals surface area contributed by atoms with Crippen LogP contribution in [-0.4, -0.2) is 57.5 Å². The summed E-state index contributed by atoms with van der Waals surface area (Å²) < 4.78 is 57.6. The van der Waals surface area contributed by atoms with Crippen molar-refractivity contribution in [1.82, 2.24) is 30.5 Å². The topological polar surface area (TPSA) is 137 Å². The molecule has 0 saturated carbocycles. The molecule has 5 heterocycles. The second kappa shape index (κ2) is 12.2. The summed E-state index contributed by atoms with van der Waals surface area (Å²) in [6.07, 6.45) is 0.00702. The number of aryl methyl sites for hydroxylation is 1. The molecule has 5 rings (SSSR count). The second-order valence-electron chi connectivity index (χ2n) is 9.20. The summed E-state index contributed by atoms with van der Waals surface area (Å²) in [6.45, 7) is 5.44. The number of rotatable bonds is 8. The van der Waals surface area contributed by atoms with E-state index in [9.17, 15) is 18.0 Å². The third-order valence-electron chi connectivity index (χ3n) is 6.22. The van der Waals surface area contributed by atoms with Gasteiger partial charge in [0.2, 0.25) is 17.7 Å². The molecule has 0 unspecified atom stereocenters. The minimum atomic E-state index is -4.63. The highest BCUT2D eigenvalue weighted by atomic mass is 32.1. The Bertz CT molecular complexity index is 1520. The molecule has 0 atom stereocenters. The Balaban J connectivity index is 1.61. The molecule has 0 aliphatic carbocycles. The first kappa shape index (κ1) is 28.4. The van der Waals surface area contributed by atoms with Gasteiger partial charge in [0.25, 0.3) is 0 Å². The number of nitrogens with zero attached hydrogens (tertiary/aromatic N) is 5. The number of ether oxygens (including phenoxy) is 2. The van der Waals surface area contributed by atoms with Crippen molar-refractivity contribution in [1.29, 1.82) is 0 Å². The number of amides is 2. The van der Waals surface area contributed by atoms with E-state index in [1.165, 1.54) is 18.5 Å². The van der Waals surface area contributed by atoms with Gasteiger partial charge in [-0.3, -0.25) is 5.32 Å². The Labute approximate surface area is 236 Å². The van der Waals surface area contributed by atoms with Gasteiger partial charge < -0.3 is 19.2 Å². The molecule has 0 aromatic carbocycles. The van der Waals surface area contributed by atoms with Gasteiger partial charge in [-0.05, 0) is 37.8 Å². The average Bonchev–Trinajstić information content (AvgIpc) is 3.62. The molecule has 1 fully saturated rings. The molecule has 1 aliphatic rings. The Morgan fingerprint density at radius 2 is 1.93 bits per heavy atom. The van der Waals surface area contributed by atoms with E-state index in [0.717, 1.165) is 29.6 Å². The molecule has 0 radical (unpaired) electrons. The minimum absolute atomic E-state index is 0.0723. The van der Waals surface area contributed by atoms with Crippen molar-refractivity contribution in [2.75, 3.05) is 31.7 Å². The van der Waals surface area contributed by atoms with Crippen LogP contribution in [0.4, 0.5) is 23.8 Å². The van der Waals surface area contributed by atoms with Gasteiger partial charge in [-0.15, -0.1) is 21.5 Å². The van der Waals surface area contributed by atoms with Crippen LogP contribution in [0.15, 0.2) is 34.3 Å². The van der Waals surface area contributed by atoms with Crippen molar-refractivity contribution in [3.63, 3.8) is 0 Å². The first-order chi connectivity index (χ1) is 19.7. The van der Waals surface area contributed by atoms with E-state index in [-0.39, 0.29) is 28.5 Å². The number of anilines is 1. The van der Waals surface area contributed by atoms with Crippen molar-refractivity contribution in [3.8, 4) is 39.0 Å². The highest BCUT2D eigenvalue weighted by Gasteiger charge is 2.34. The van der Waals surface area contributed by atoms with Crippen molar-refractivity contribution >= 4 is 23.2 Å². The monoisotopic (exact) mass is 589 g/mol. The maximum Gasteiger partial charge on any atom is 0.434 e. The number of urea groups is 1. The van der Waals surface area contributed by atoms with E-state index < -0.39 is 17.9 Å². The lowest BCUT2D eigenvalue weighted by Gasteiger charge is -2.22. The summed E-state index contributed by atoms with van der Waals surface area (Å²) in [6, 6.07) is 2.66. The summed E-state index contributed by atoms with van der Waals surface area (Å²) in [5.74, 6) is 1.19. The van der Waals surface area contributed by atoms with Crippen molar-refractivity contribution in [2.24, 2.45) is 5.92 Å². The van der Waals surface area contributed by atoms with Gasteiger partial charge in [0, 0.05) is 61.1 Å². The molecule has 0 spiro atoms. The fourth-order valence-corrected chi connectivity index (χ4v) is 5.02. The number of carbonyl (C=O) groups is 1. The summed E-state index contributed by atoms with van der Waals surface area (Å²) >= 11 is 0.819. The van der Waals surface area contributed by atoms with Crippen LogP contribution in [0.5, 0.6) is 5.88 Å². The molecule has 1 aliphatic heterocycles. The fraction of sp³-hybridized carbons (Fsp3) is 0.385. The number of nitrogens with one attached hydrogen (secondary N) is 2. The van der Waals surface area contributed by atoms with Crippen LogP contribution in [0, 0.1) is 12.8 Å². The van der Waals surface area contributed by atoms with Crippen LogP contribution in [-0.2, 0) is 10.9 Å². The zero-order chi connectivity index (χ0) is 29.0. The van der Waals surface area contributed by atoms with Crippen molar-refractivity contribution in [2.45, 2.75) is 32.9 Å². The van der Waals surface area contributed by atoms with Crippen LogP contribution in [0.3, 0.4) is 0 Å². The first-order valence-electron chi connectivity index (χ1n) is 12.8. The van der Waals surface area contributed by atoms with Crippen LogP contribution in [0.2, 0.25) is 0 Å². The van der Waals surface area contributed by atoms with Crippen LogP contribution < -0.4 is 15.4 Å². The predicted molar refractivity (Wildman–Crippen MR) is 143 cm³/mol. The Kier molecular flexibility index (Phi) is 8.44. The summed E-state index contributed by atoms with van der Waals surface area (Å²) in [4.78, 5) is 24.9. The van der Waals surface area contributed by atoms with Gasteiger partial charge in [0.1, 0.15) is 10.8 Å². The number of hydrogen-bond acceptors (Lipinski definition) is 10. The Hall–Kier alpha value is -4.11. The molecule has 4 aromatic heterocycles. The van der Waals surface area contributed by atoms with Crippen molar-refractivity contribution < 1.29 is 31.9 Å². The van der Waals surface area contributed by atoms with E-state index in [4.69, 9.17) is 13.9 Å². The largest absolute Gasteiger partial charge is 0.477 e. The lowest BCUT2D eigenvalue weighted by Crippen LogP contribution is -2.28. The maximum absolute atomic E-state index is 13.5. The van der Waals surface area contributed by atoms with Crippen LogP contribution in [0.1, 0.15) is 31.4 Å². The highest BCUT2D eigenvalue weighted by molar-refractivity contribution is 7.13. The van der Waals surface area contributed by atoms with E-state index in [0.29, 0.717) is 54.5 Å². The summed E-state index contributed by atoms with van der Waals surface area (Å²) in [5, 5.41) is 14.1. The van der Waals surface area contributed by atoms with E-state index in [1.807, 2.05) is 0 Å². The zero-order valence-electron chi connectivity index (χ0n) is 22.1. The molecule has 2 amide bonds. The molecule has 4 aromatic rings. The van der Waals surface area contributed by atoms with E-state index >= 15 is 0 Å². The predicted octanol–water partition coefficient (Wildman–Crippen LogP) is 5.59. The normalized spacial score (nSPS) is 14.2. The zero-order valence-corrected chi connectivity index (χ0v) is 22.9. The van der Waals surface area contributed by atoms with E-state index in [2.05, 4.69) is 35.8 Å². The molecule has 0 bridgehead atoms. The lowest BCUT2D eigenvalue weighted by molar-refractivity contribution is -0.140. The SMILES string of the molecule is CCNC(=O)Nc1cc(-c2nc(C(F)(F)F)cs2)c(-c2cc(-c3nnc(C)o3)cnc2OCC2CCOCC2)cn1. The third-order valence-corrected chi connectivity index (χ3v) is 7.09. The number of hydrogen-bond donors (Lipinski definition) is 2. The van der Waals surface area contributed by atoms with Crippen LogP contribution in [0.25, 0.3) is 33.2 Å². The molecule has 15 heteroatoms. The number of pyridine rings is 2. The van der Waals surface area contributed by atoms with Gasteiger partial charge in [-0.2, -0.15) is 13.2 Å². The molecule has 1 saturated heterocycles. The smallest absolute Gasteiger partial charge is 0.434 e. The van der Waals surface area contributed by atoms with Gasteiger partial charge in [-0.1, -0.05) is 0 Å². The Morgan fingerprint density at radius 3 is 2.61 bits per heavy atom. The molecule has 216 valence electrons.